The molecule has 2 aliphatic rings. The van der Waals surface area contributed by atoms with Gasteiger partial charge in [0.15, 0.2) is 0 Å². The molecule has 2 aromatic carbocycles. The van der Waals surface area contributed by atoms with Crippen molar-refractivity contribution in [2.75, 3.05) is 23.3 Å². The van der Waals surface area contributed by atoms with E-state index in [1.54, 1.807) is 0 Å². The van der Waals surface area contributed by atoms with Crippen molar-refractivity contribution in [3.05, 3.63) is 71.9 Å². The number of hydrogen-bond acceptors (Lipinski definition) is 5. The lowest BCUT2D eigenvalue weighted by Crippen LogP contribution is -2.17. The monoisotopic (exact) mass is 426 g/mol. The summed E-state index contributed by atoms with van der Waals surface area (Å²) in [5, 5.41) is 6.89. The van der Waals surface area contributed by atoms with Crippen molar-refractivity contribution >= 4 is 23.3 Å². The fraction of sp³-hybridized carbons (Fsp3) is 0.296. The van der Waals surface area contributed by atoms with Gasteiger partial charge in [0.1, 0.15) is 11.6 Å². The van der Waals surface area contributed by atoms with Crippen molar-refractivity contribution in [2.45, 2.75) is 39.3 Å². The third-order valence-electron chi connectivity index (χ3n) is 5.93. The quantitative estimate of drug-likeness (QED) is 0.510. The van der Waals surface area contributed by atoms with Gasteiger partial charge in [0, 0.05) is 36.4 Å². The Bertz CT molecular complexity index is 1130. The smallest absolute Gasteiger partial charge is 0.143 e. The van der Waals surface area contributed by atoms with Crippen LogP contribution in [0.2, 0.25) is 0 Å². The number of para-hydroxylation sites is 2. The molecule has 0 aliphatic carbocycles. The molecule has 1 aromatic heterocycles. The number of nitrogens with zero attached hydrogens (tertiary/aromatic N) is 2. The van der Waals surface area contributed by atoms with Gasteiger partial charge in [-0.3, -0.25) is 0 Å². The molecule has 0 bridgehead atoms. The molecule has 2 N–H and O–H groups in total. The molecule has 1 fully saturated rings. The molecule has 5 rings (SSSR count). The molecule has 1 saturated heterocycles. The highest BCUT2D eigenvalue weighted by Crippen LogP contribution is 2.34. The average molecular weight is 427 g/mol. The fourth-order valence-corrected chi connectivity index (χ4v) is 4.38. The Labute approximate surface area is 190 Å². The van der Waals surface area contributed by atoms with E-state index in [9.17, 15) is 0 Å². The summed E-state index contributed by atoms with van der Waals surface area (Å²) in [6, 6.07) is 19.0. The summed E-state index contributed by atoms with van der Waals surface area (Å²) in [4.78, 5) is 7.54. The highest BCUT2D eigenvalue weighted by Gasteiger charge is 2.18. The van der Waals surface area contributed by atoms with Crippen LogP contribution in [-0.4, -0.2) is 24.2 Å². The summed E-state index contributed by atoms with van der Waals surface area (Å²) in [5.41, 5.74) is 6.66. The van der Waals surface area contributed by atoms with Crippen LogP contribution < -0.4 is 20.3 Å². The van der Waals surface area contributed by atoms with Gasteiger partial charge in [-0.15, -0.1) is 0 Å². The maximum atomic E-state index is 6.02. The van der Waals surface area contributed by atoms with Crippen LogP contribution in [0.3, 0.4) is 0 Å². The average Bonchev–Trinajstić information content (AvgIpc) is 3.35. The number of fused-ring (bicyclic) bond motifs is 1. The largest absolute Gasteiger partial charge is 0.489 e. The second kappa shape index (κ2) is 8.95. The first-order chi connectivity index (χ1) is 15.7. The minimum Gasteiger partial charge on any atom is -0.489 e. The van der Waals surface area contributed by atoms with Crippen LogP contribution in [0.15, 0.2) is 60.8 Å². The number of benzene rings is 2. The number of ether oxygens (including phenoxy) is 1. The van der Waals surface area contributed by atoms with Gasteiger partial charge in [0.05, 0.1) is 17.5 Å². The Kier molecular flexibility index (Phi) is 5.71. The normalized spacial score (nSPS) is 14.9. The summed E-state index contributed by atoms with van der Waals surface area (Å²) in [7, 11) is 0. The summed E-state index contributed by atoms with van der Waals surface area (Å²) in [6.07, 6.45) is 6.77. The predicted molar refractivity (Wildman–Crippen MR) is 132 cm³/mol. The number of nitrogens with one attached hydrogen (secondary N) is 2. The van der Waals surface area contributed by atoms with Crippen LogP contribution in [0.5, 0.6) is 5.75 Å². The van der Waals surface area contributed by atoms with E-state index < -0.39 is 0 Å². The van der Waals surface area contributed by atoms with Crippen LogP contribution in [-0.2, 0) is 6.54 Å². The molecule has 164 valence electrons. The van der Waals surface area contributed by atoms with Crippen molar-refractivity contribution < 1.29 is 4.74 Å². The molecular weight excluding hydrogens is 396 g/mol. The Balaban J connectivity index is 1.54. The predicted octanol–water partition coefficient (Wildman–Crippen LogP) is 5.95. The minimum atomic E-state index is 0.101. The molecule has 0 atom stereocenters. The van der Waals surface area contributed by atoms with Crippen LogP contribution in [0, 0.1) is 0 Å². The zero-order chi connectivity index (χ0) is 21.9. The van der Waals surface area contributed by atoms with E-state index in [1.807, 2.05) is 44.3 Å². The number of rotatable bonds is 6. The zero-order valence-electron chi connectivity index (χ0n) is 18.8. The molecule has 32 heavy (non-hydrogen) atoms. The first-order valence-electron chi connectivity index (χ1n) is 11.5. The molecule has 3 aromatic rings. The standard InChI is InChI=1S/C27H30N4O/c1-19(2)32-26-11-4-3-10-24(26)29-27-23-18-28-13-12-20(23)17-25(30-27)21-8-7-9-22(16-21)31-14-5-6-15-31/h3-4,7-13,16-17,19,28H,5-6,14-15,18H2,1-2H3,(H,29,30). The third-order valence-corrected chi connectivity index (χ3v) is 5.93. The van der Waals surface area contributed by atoms with Crippen molar-refractivity contribution in [2.24, 2.45) is 0 Å². The van der Waals surface area contributed by atoms with Gasteiger partial charge in [0.2, 0.25) is 0 Å². The maximum Gasteiger partial charge on any atom is 0.143 e. The second-order valence-corrected chi connectivity index (χ2v) is 8.67. The summed E-state index contributed by atoms with van der Waals surface area (Å²) in [5.74, 6) is 1.69. The van der Waals surface area contributed by atoms with E-state index >= 15 is 0 Å². The van der Waals surface area contributed by atoms with E-state index in [4.69, 9.17) is 9.72 Å². The van der Waals surface area contributed by atoms with Gasteiger partial charge in [-0.1, -0.05) is 24.3 Å². The van der Waals surface area contributed by atoms with Crippen molar-refractivity contribution in [1.29, 1.82) is 0 Å². The second-order valence-electron chi connectivity index (χ2n) is 8.67. The van der Waals surface area contributed by atoms with Gasteiger partial charge >= 0.3 is 0 Å². The fourth-order valence-electron chi connectivity index (χ4n) is 4.38. The summed E-state index contributed by atoms with van der Waals surface area (Å²) >= 11 is 0. The van der Waals surface area contributed by atoms with Crippen LogP contribution >= 0.6 is 0 Å². The molecule has 0 saturated carbocycles. The topological polar surface area (TPSA) is 49.4 Å². The van der Waals surface area contributed by atoms with Crippen molar-refractivity contribution in [1.82, 2.24) is 10.3 Å². The Morgan fingerprint density at radius 2 is 1.88 bits per heavy atom. The van der Waals surface area contributed by atoms with Gasteiger partial charge in [-0.2, -0.15) is 0 Å². The van der Waals surface area contributed by atoms with Gasteiger partial charge in [-0.05, 0) is 74.9 Å². The molecule has 2 aliphatic heterocycles. The minimum absolute atomic E-state index is 0.101. The van der Waals surface area contributed by atoms with Crippen LogP contribution in [0.4, 0.5) is 17.2 Å². The number of hydrogen-bond donors (Lipinski definition) is 2. The van der Waals surface area contributed by atoms with Crippen molar-refractivity contribution in [3.8, 4) is 17.0 Å². The lowest BCUT2D eigenvalue weighted by atomic mass is 10.0. The first-order valence-corrected chi connectivity index (χ1v) is 11.5. The van der Waals surface area contributed by atoms with Gasteiger partial charge in [0.25, 0.3) is 0 Å². The Morgan fingerprint density at radius 1 is 1.03 bits per heavy atom. The highest BCUT2D eigenvalue weighted by molar-refractivity contribution is 5.76. The molecular formula is C27H30N4O. The van der Waals surface area contributed by atoms with E-state index in [0.717, 1.165) is 53.7 Å². The summed E-state index contributed by atoms with van der Waals surface area (Å²) < 4.78 is 6.02. The lowest BCUT2D eigenvalue weighted by Gasteiger charge is -2.21. The molecule has 0 unspecified atom stereocenters. The molecule has 0 amide bonds. The van der Waals surface area contributed by atoms with E-state index in [-0.39, 0.29) is 6.10 Å². The lowest BCUT2D eigenvalue weighted by molar-refractivity contribution is 0.244. The maximum absolute atomic E-state index is 6.02. The van der Waals surface area contributed by atoms with Gasteiger partial charge < -0.3 is 20.3 Å². The zero-order valence-corrected chi connectivity index (χ0v) is 18.8. The van der Waals surface area contributed by atoms with Gasteiger partial charge in [-0.25, -0.2) is 4.98 Å². The Hall–Kier alpha value is -3.47. The highest BCUT2D eigenvalue weighted by atomic mass is 16.5. The SMILES string of the molecule is CC(C)Oc1ccccc1Nc1nc(-c2cccc(N3CCCC3)c2)cc2c1CNC=C2. The third kappa shape index (κ3) is 4.28. The Morgan fingerprint density at radius 3 is 2.72 bits per heavy atom. The molecule has 0 spiro atoms. The first kappa shape index (κ1) is 20.4. The number of pyridine rings is 1. The molecule has 5 nitrogen and oxygen atoms in total. The van der Waals surface area contributed by atoms with Crippen molar-refractivity contribution in [3.63, 3.8) is 0 Å². The van der Waals surface area contributed by atoms with Crippen LogP contribution in [0.25, 0.3) is 17.3 Å². The van der Waals surface area contributed by atoms with Crippen LogP contribution in [0.1, 0.15) is 37.8 Å². The number of aromatic nitrogens is 1. The molecule has 3 heterocycles. The van der Waals surface area contributed by atoms with E-state index in [2.05, 4.69) is 51.9 Å². The van der Waals surface area contributed by atoms with E-state index in [1.165, 1.54) is 24.1 Å². The number of anilines is 3. The van der Waals surface area contributed by atoms with E-state index in [0.29, 0.717) is 0 Å². The summed E-state index contributed by atoms with van der Waals surface area (Å²) in [6.45, 7) is 7.09. The molecule has 5 heteroatoms. The molecule has 0 radical (unpaired) electrons.